The van der Waals surface area contributed by atoms with Crippen molar-refractivity contribution < 1.29 is 4.79 Å². The zero-order valence-corrected chi connectivity index (χ0v) is 14.4. The average molecular weight is 339 g/mol. The van der Waals surface area contributed by atoms with Gasteiger partial charge in [0.05, 0.1) is 0 Å². The van der Waals surface area contributed by atoms with Crippen molar-refractivity contribution in [1.82, 2.24) is 25.5 Å². The summed E-state index contributed by atoms with van der Waals surface area (Å²) in [5.74, 6) is 0. The fourth-order valence-corrected chi connectivity index (χ4v) is 3.06. The van der Waals surface area contributed by atoms with Gasteiger partial charge in [0.2, 0.25) is 0 Å². The normalized spacial score (nSPS) is 15.7. The van der Waals surface area contributed by atoms with Crippen LogP contribution in [0.5, 0.6) is 0 Å². The zero-order chi connectivity index (χ0) is 17.3. The summed E-state index contributed by atoms with van der Waals surface area (Å²) in [7, 11) is 0. The Balaban J connectivity index is 1.32. The van der Waals surface area contributed by atoms with Crippen molar-refractivity contribution in [1.29, 1.82) is 0 Å². The third-order valence-electron chi connectivity index (χ3n) is 4.56. The van der Waals surface area contributed by atoms with Crippen LogP contribution in [0.15, 0.2) is 49.1 Å². The molecule has 3 rings (SSSR count). The Morgan fingerprint density at radius 2 is 1.88 bits per heavy atom. The monoisotopic (exact) mass is 339 g/mol. The van der Waals surface area contributed by atoms with E-state index in [1.54, 1.807) is 12.4 Å². The number of nitrogens with one attached hydrogen (secondary N) is 2. The molecule has 1 aliphatic rings. The van der Waals surface area contributed by atoms with Gasteiger partial charge in [-0.3, -0.25) is 9.97 Å². The van der Waals surface area contributed by atoms with Gasteiger partial charge in [-0.2, -0.15) is 0 Å². The fraction of sp³-hybridized carbons (Fsp3) is 0.421. The Morgan fingerprint density at radius 3 is 2.60 bits per heavy atom. The van der Waals surface area contributed by atoms with Crippen molar-refractivity contribution in [2.75, 3.05) is 19.6 Å². The molecule has 2 N–H and O–H groups in total. The molecule has 0 atom stereocenters. The largest absolute Gasteiger partial charge is 0.335 e. The minimum absolute atomic E-state index is 0.0981. The highest BCUT2D eigenvalue weighted by Gasteiger charge is 2.20. The van der Waals surface area contributed by atoms with Gasteiger partial charge in [0.25, 0.3) is 0 Å². The van der Waals surface area contributed by atoms with Crippen LogP contribution in [-0.2, 0) is 13.0 Å². The van der Waals surface area contributed by atoms with Crippen molar-refractivity contribution >= 4 is 6.03 Å². The van der Waals surface area contributed by atoms with Crippen LogP contribution in [0.2, 0.25) is 0 Å². The molecule has 6 nitrogen and oxygen atoms in total. The minimum Gasteiger partial charge on any atom is -0.335 e. The predicted octanol–water partition coefficient (Wildman–Crippen LogP) is 1.98. The number of piperidine rings is 1. The van der Waals surface area contributed by atoms with Gasteiger partial charge >= 0.3 is 6.03 Å². The summed E-state index contributed by atoms with van der Waals surface area (Å²) >= 11 is 0. The number of hydrogen-bond donors (Lipinski definition) is 2. The maximum Gasteiger partial charge on any atom is 0.315 e. The van der Waals surface area contributed by atoms with Gasteiger partial charge in [-0.05, 0) is 48.6 Å². The molecule has 0 bridgehead atoms. The van der Waals surface area contributed by atoms with Crippen LogP contribution in [0.25, 0.3) is 0 Å². The molecule has 2 aromatic heterocycles. The van der Waals surface area contributed by atoms with Gasteiger partial charge in [-0.1, -0.05) is 6.07 Å². The Labute approximate surface area is 148 Å². The van der Waals surface area contributed by atoms with Crippen molar-refractivity contribution in [3.63, 3.8) is 0 Å². The van der Waals surface area contributed by atoms with E-state index in [1.807, 2.05) is 24.5 Å². The molecule has 132 valence electrons. The van der Waals surface area contributed by atoms with Gasteiger partial charge in [-0.15, -0.1) is 0 Å². The Morgan fingerprint density at radius 1 is 1.08 bits per heavy atom. The van der Waals surface area contributed by atoms with Crippen molar-refractivity contribution in [3.8, 4) is 0 Å². The van der Waals surface area contributed by atoms with E-state index in [4.69, 9.17) is 0 Å². The molecule has 25 heavy (non-hydrogen) atoms. The van der Waals surface area contributed by atoms with E-state index in [0.29, 0.717) is 6.54 Å². The average Bonchev–Trinajstić information content (AvgIpc) is 2.67. The number of carbonyl (C=O) groups excluding carboxylic acids is 1. The molecule has 1 aliphatic heterocycles. The van der Waals surface area contributed by atoms with E-state index in [-0.39, 0.29) is 12.1 Å². The van der Waals surface area contributed by atoms with Crippen LogP contribution in [0.3, 0.4) is 0 Å². The summed E-state index contributed by atoms with van der Waals surface area (Å²) in [4.78, 5) is 22.6. The number of nitrogens with zero attached hydrogens (tertiary/aromatic N) is 3. The Hall–Kier alpha value is -2.47. The van der Waals surface area contributed by atoms with E-state index in [1.165, 1.54) is 5.56 Å². The molecule has 2 aromatic rings. The molecule has 0 aliphatic carbocycles. The number of pyridine rings is 2. The topological polar surface area (TPSA) is 70.2 Å². The lowest BCUT2D eigenvalue weighted by Crippen LogP contribution is -2.48. The first-order valence-corrected chi connectivity index (χ1v) is 8.84. The molecule has 3 heterocycles. The third kappa shape index (κ3) is 5.83. The maximum absolute atomic E-state index is 12.0. The second-order valence-electron chi connectivity index (χ2n) is 6.41. The molecular formula is C19H25N5O. The highest BCUT2D eigenvalue weighted by atomic mass is 16.2. The predicted molar refractivity (Wildman–Crippen MR) is 97.0 cm³/mol. The van der Waals surface area contributed by atoms with Gasteiger partial charge in [0, 0.05) is 57.0 Å². The lowest BCUT2D eigenvalue weighted by atomic mass is 10.0. The lowest BCUT2D eigenvalue weighted by molar-refractivity contribution is 0.193. The van der Waals surface area contributed by atoms with Crippen LogP contribution in [0, 0.1) is 0 Å². The number of carbonyl (C=O) groups is 1. The van der Waals surface area contributed by atoms with Crippen LogP contribution >= 0.6 is 0 Å². The standard InChI is InChI=1S/C19H25N5O/c25-19(22-15-17-2-1-8-21-14-17)23-18-6-12-24(13-7-18)11-5-16-3-9-20-10-4-16/h1-4,8-10,14,18H,5-7,11-13,15H2,(H2,22,23,25). The quantitative estimate of drug-likeness (QED) is 0.844. The molecule has 0 unspecified atom stereocenters. The molecule has 2 amide bonds. The number of amides is 2. The summed E-state index contributed by atoms with van der Waals surface area (Å²) in [6.45, 7) is 3.62. The van der Waals surface area contributed by atoms with E-state index < -0.39 is 0 Å². The van der Waals surface area contributed by atoms with E-state index in [2.05, 4.69) is 37.6 Å². The van der Waals surface area contributed by atoms with Gasteiger partial charge in [-0.25, -0.2) is 4.79 Å². The van der Waals surface area contributed by atoms with Crippen LogP contribution in [0.4, 0.5) is 4.79 Å². The summed E-state index contributed by atoms with van der Waals surface area (Å²) < 4.78 is 0. The van der Waals surface area contributed by atoms with Crippen LogP contribution in [0.1, 0.15) is 24.0 Å². The second-order valence-corrected chi connectivity index (χ2v) is 6.41. The van der Waals surface area contributed by atoms with E-state index in [9.17, 15) is 4.79 Å². The summed E-state index contributed by atoms with van der Waals surface area (Å²) in [6.07, 6.45) is 10.2. The number of hydrogen-bond acceptors (Lipinski definition) is 4. The number of urea groups is 1. The summed E-state index contributed by atoms with van der Waals surface area (Å²) in [5.41, 5.74) is 2.33. The number of aromatic nitrogens is 2. The fourth-order valence-electron chi connectivity index (χ4n) is 3.06. The van der Waals surface area contributed by atoms with Gasteiger partial charge in [0.15, 0.2) is 0 Å². The first-order valence-electron chi connectivity index (χ1n) is 8.84. The van der Waals surface area contributed by atoms with E-state index >= 15 is 0 Å². The Kier molecular flexibility index (Phi) is 6.34. The second kappa shape index (κ2) is 9.13. The van der Waals surface area contributed by atoms with Crippen molar-refractivity contribution in [3.05, 3.63) is 60.2 Å². The Bertz CT molecular complexity index is 641. The first kappa shape index (κ1) is 17.4. The summed E-state index contributed by atoms with van der Waals surface area (Å²) in [5, 5.41) is 5.97. The zero-order valence-electron chi connectivity index (χ0n) is 14.4. The molecule has 6 heteroatoms. The smallest absolute Gasteiger partial charge is 0.315 e. The minimum atomic E-state index is -0.0981. The number of likely N-dealkylation sites (tertiary alicyclic amines) is 1. The molecule has 1 fully saturated rings. The molecule has 0 saturated carbocycles. The van der Waals surface area contributed by atoms with Gasteiger partial charge in [0.1, 0.15) is 0 Å². The van der Waals surface area contributed by atoms with Crippen molar-refractivity contribution in [2.24, 2.45) is 0 Å². The SMILES string of the molecule is O=C(NCc1cccnc1)NC1CCN(CCc2ccncc2)CC1. The lowest BCUT2D eigenvalue weighted by Gasteiger charge is -2.32. The summed E-state index contributed by atoms with van der Waals surface area (Å²) in [6, 6.07) is 8.12. The molecule has 0 spiro atoms. The maximum atomic E-state index is 12.0. The van der Waals surface area contributed by atoms with E-state index in [0.717, 1.165) is 44.5 Å². The highest BCUT2D eigenvalue weighted by molar-refractivity contribution is 5.74. The highest BCUT2D eigenvalue weighted by Crippen LogP contribution is 2.11. The van der Waals surface area contributed by atoms with Crippen molar-refractivity contribution in [2.45, 2.75) is 31.8 Å². The third-order valence-corrected chi connectivity index (χ3v) is 4.56. The molecule has 0 aromatic carbocycles. The van der Waals surface area contributed by atoms with Crippen LogP contribution in [-0.4, -0.2) is 46.6 Å². The molecule has 0 radical (unpaired) electrons. The molecule has 1 saturated heterocycles. The first-order chi connectivity index (χ1) is 12.3. The van der Waals surface area contributed by atoms with Gasteiger partial charge < -0.3 is 15.5 Å². The molecular weight excluding hydrogens is 314 g/mol. The number of rotatable bonds is 6. The van der Waals surface area contributed by atoms with Crippen LogP contribution < -0.4 is 10.6 Å².